The molecule has 2 heterocycles. The number of nitrogens with zero attached hydrogens (tertiary/aromatic N) is 1. The molecule has 0 radical (unpaired) electrons. The van der Waals surface area contributed by atoms with Gasteiger partial charge >= 0.3 is 7.60 Å². The summed E-state index contributed by atoms with van der Waals surface area (Å²) in [6, 6.07) is 9.09. The summed E-state index contributed by atoms with van der Waals surface area (Å²) >= 11 is 0. The third-order valence-corrected chi connectivity index (χ3v) is 6.65. The lowest BCUT2D eigenvalue weighted by Crippen LogP contribution is -2.15. The second kappa shape index (κ2) is 7.16. The Morgan fingerprint density at radius 1 is 1.20 bits per heavy atom. The summed E-state index contributed by atoms with van der Waals surface area (Å²) in [5.74, 6) is 0.209. The van der Waals surface area contributed by atoms with Gasteiger partial charge in [-0.25, -0.2) is 0 Å². The van der Waals surface area contributed by atoms with Gasteiger partial charge in [0.2, 0.25) is 0 Å². The van der Waals surface area contributed by atoms with Crippen LogP contribution in [0.2, 0.25) is 0 Å². The number of aromatic hydroxyl groups is 1. The van der Waals surface area contributed by atoms with Gasteiger partial charge in [0.05, 0.1) is 24.6 Å². The van der Waals surface area contributed by atoms with Gasteiger partial charge in [0, 0.05) is 12.2 Å². The molecule has 3 rings (SSSR count). The Hall–Kier alpha value is -1.88. The molecule has 7 heteroatoms. The molecule has 1 aliphatic rings. The number of nitrogens with one attached hydrogen (secondary N) is 1. The molecule has 1 unspecified atom stereocenters. The first kappa shape index (κ1) is 17.9. The third-order valence-electron chi connectivity index (χ3n) is 4.32. The Labute approximate surface area is 147 Å². The first-order chi connectivity index (χ1) is 11.9. The highest BCUT2D eigenvalue weighted by atomic mass is 31.2. The summed E-state index contributed by atoms with van der Waals surface area (Å²) in [6.07, 6.45) is 0. The van der Waals surface area contributed by atoms with Crippen molar-refractivity contribution in [1.29, 1.82) is 0 Å². The normalized spacial score (nSPS) is 17.4. The Balaban J connectivity index is 1.88. The van der Waals surface area contributed by atoms with Crippen LogP contribution in [0.25, 0.3) is 0 Å². The molecule has 2 aromatic rings. The summed E-state index contributed by atoms with van der Waals surface area (Å²) in [5.41, 5.74) is 3.79. The van der Waals surface area contributed by atoms with Gasteiger partial charge in [0.15, 0.2) is 0 Å². The lowest BCUT2D eigenvalue weighted by atomic mass is 10.1. The minimum atomic E-state index is -3.26. The molecular formula is C18H23N2O4P. The maximum absolute atomic E-state index is 13.1. The molecule has 2 N–H and O–H groups in total. The highest BCUT2D eigenvalue weighted by Gasteiger charge is 2.40. The molecule has 0 aliphatic carbocycles. The molecule has 1 aromatic carbocycles. The minimum absolute atomic E-state index is 0.209. The maximum Gasteiger partial charge on any atom is 0.340 e. The number of rotatable bonds is 5. The van der Waals surface area contributed by atoms with Crippen LogP contribution in [0.1, 0.15) is 28.2 Å². The number of phenolic OH excluding ortho intramolecular Hbond substituents is 1. The van der Waals surface area contributed by atoms with Gasteiger partial charge in [-0.3, -0.25) is 9.55 Å². The number of aromatic nitrogens is 1. The molecule has 6 nitrogen and oxygen atoms in total. The molecule has 0 spiro atoms. The summed E-state index contributed by atoms with van der Waals surface area (Å²) in [4.78, 5) is 4.44. The summed E-state index contributed by atoms with van der Waals surface area (Å²) in [6.45, 7) is 6.72. The summed E-state index contributed by atoms with van der Waals surface area (Å²) < 4.78 is 24.1. The van der Waals surface area contributed by atoms with E-state index < -0.39 is 13.3 Å². The Morgan fingerprint density at radius 2 is 1.92 bits per heavy atom. The Kier molecular flexibility index (Phi) is 5.13. The first-order valence-corrected chi connectivity index (χ1v) is 9.87. The van der Waals surface area contributed by atoms with Crippen molar-refractivity contribution in [1.82, 2.24) is 4.98 Å². The summed E-state index contributed by atoms with van der Waals surface area (Å²) in [7, 11) is -3.26. The van der Waals surface area contributed by atoms with Crippen molar-refractivity contribution < 1.29 is 18.7 Å². The van der Waals surface area contributed by atoms with Gasteiger partial charge in [0.1, 0.15) is 11.4 Å². The SMILES string of the molecule is Cc1ccc(NCC(c2ccc(O)c(C)c2)P2(=O)OCCO2)c(C)n1. The van der Waals surface area contributed by atoms with Gasteiger partial charge in [0.25, 0.3) is 0 Å². The van der Waals surface area contributed by atoms with Crippen LogP contribution < -0.4 is 5.32 Å². The molecule has 134 valence electrons. The fourth-order valence-electron chi connectivity index (χ4n) is 2.92. The van der Waals surface area contributed by atoms with Crippen LogP contribution in [0.5, 0.6) is 5.75 Å². The van der Waals surface area contributed by atoms with E-state index >= 15 is 0 Å². The Bertz CT molecular complexity index is 815. The molecule has 0 bridgehead atoms. The van der Waals surface area contributed by atoms with Crippen LogP contribution >= 0.6 is 7.60 Å². The van der Waals surface area contributed by atoms with E-state index in [4.69, 9.17) is 9.05 Å². The molecule has 1 atom stereocenters. The van der Waals surface area contributed by atoms with Gasteiger partial charge in [-0.2, -0.15) is 0 Å². The number of phenols is 1. The predicted molar refractivity (Wildman–Crippen MR) is 97.3 cm³/mol. The van der Waals surface area contributed by atoms with Crippen molar-refractivity contribution in [3.05, 3.63) is 52.8 Å². The van der Waals surface area contributed by atoms with E-state index in [2.05, 4.69) is 10.3 Å². The fraction of sp³-hybridized carbons (Fsp3) is 0.389. The van der Waals surface area contributed by atoms with E-state index in [1.165, 1.54) is 0 Å². The minimum Gasteiger partial charge on any atom is -0.508 e. The monoisotopic (exact) mass is 362 g/mol. The van der Waals surface area contributed by atoms with Gasteiger partial charge in [-0.1, -0.05) is 12.1 Å². The third kappa shape index (κ3) is 3.87. The van der Waals surface area contributed by atoms with Gasteiger partial charge in [-0.15, -0.1) is 0 Å². The van der Waals surface area contributed by atoms with Crippen molar-refractivity contribution in [2.75, 3.05) is 25.1 Å². The van der Waals surface area contributed by atoms with Crippen LogP contribution in [0.15, 0.2) is 30.3 Å². The van der Waals surface area contributed by atoms with Gasteiger partial charge < -0.3 is 19.5 Å². The summed E-state index contributed by atoms with van der Waals surface area (Å²) in [5, 5.41) is 13.1. The molecule has 25 heavy (non-hydrogen) atoms. The fourth-order valence-corrected chi connectivity index (χ4v) is 4.86. The molecular weight excluding hydrogens is 339 g/mol. The first-order valence-electron chi connectivity index (χ1n) is 8.25. The van der Waals surface area contributed by atoms with E-state index in [-0.39, 0.29) is 5.75 Å². The standard InChI is InChI=1S/C18H23N2O4P/c1-12-10-15(5-7-17(12)21)18(25(22)23-8-9-24-25)11-19-16-6-4-13(2)20-14(16)3/h4-7,10,18-19,21H,8-9,11H2,1-3H3. The van der Waals surface area contributed by atoms with Crippen LogP contribution in [0, 0.1) is 20.8 Å². The zero-order valence-corrected chi connectivity index (χ0v) is 15.5. The largest absolute Gasteiger partial charge is 0.508 e. The van der Waals surface area contributed by atoms with Crippen molar-refractivity contribution in [3.8, 4) is 5.75 Å². The van der Waals surface area contributed by atoms with Crippen LogP contribution in [0.4, 0.5) is 5.69 Å². The van der Waals surface area contributed by atoms with Crippen molar-refractivity contribution >= 4 is 13.3 Å². The van der Waals surface area contributed by atoms with Crippen molar-refractivity contribution in [3.63, 3.8) is 0 Å². The second-order valence-electron chi connectivity index (χ2n) is 6.23. The maximum atomic E-state index is 13.1. The molecule has 0 amide bonds. The number of hydrogen-bond donors (Lipinski definition) is 2. The lowest BCUT2D eigenvalue weighted by molar-refractivity contribution is 0.340. The van der Waals surface area contributed by atoms with Crippen molar-refractivity contribution in [2.45, 2.75) is 26.4 Å². The van der Waals surface area contributed by atoms with E-state index in [9.17, 15) is 9.67 Å². The Morgan fingerprint density at radius 3 is 2.56 bits per heavy atom. The lowest BCUT2D eigenvalue weighted by Gasteiger charge is -2.24. The van der Waals surface area contributed by atoms with E-state index in [0.717, 1.165) is 28.2 Å². The van der Waals surface area contributed by atoms with Crippen LogP contribution in [-0.2, 0) is 13.6 Å². The number of anilines is 1. The zero-order chi connectivity index (χ0) is 18.0. The van der Waals surface area contributed by atoms with Crippen LogP contribution in [-0.4, -0.2) is 29.8 Å². The average Bonchev–Trinajstić information content (AvgIpc) is 3.00. The molecule has 1 aliphatic heterocycles. The van der Waals surface area contributed by atoms with E-state index in [0.29, 0.717) is 19.8 Å². The molecule has 1 aromatic heterocycles. The highest BCUT2D eigenvalue weighted by molar-refractivity contribution is 7.54. The smallest absolute Gasteiger partial charge is 0.340 e. The van der Waals surface area contributed by atoms with Crippen LogP contribution in [0.3, 0.4) is 0 Å². The number of aryl methyl sites for hydroxylation is 3. The molecule has 1 fully saturated rings. The number of benzene rings is 1. The van der Waals surface area contributed by atoms with E-state index in [1.54, 1.807) is 12.1 Å². The quantitative estimate of drug-likeness (QED) is 0.780. The van der Waals surface area contributed by atoms with E-state index in [1.807, 2.05) is 39.0 Å². The molecule has 0 saturated carbocycles. The topological polar surface area (TPSA) is 80.7 Å². The molecule has 1 saturated heterocycles. The van der Waals surface area contributed by atoms with Crippen molar-refractivity contribution in [2.24, 2.45) is 0 Å². The second-order valence-corrected chi connectivity index (χ2v) is 8.45. The average molecular weight is 362 g/mol. The zero-order valence-electron chi connectivity index (χ0n) is 14.7. The highest BCUT2D eigenvalue weighted by Crippen LogP contribution is 2.63. The predicted octanol–water partition coefficient (Wildman–Crippen LogP) is 4.11. The number of pyridine rings is 1. The van der Waals surface area contributed by atoms with Gasteiger partial charge in [-0.05, 0) is 50.1 Å². The number of hydrogen-bond acceptors (Lipinski definition) is 6.